The Morgan fingerprint density at radius 1 is 1.35 bits per heavy atom. The Morgan fingerprint density at radius 2 is 1.95 bits per heavy atom. The molecule has 0 spiro atoms. The Bertz CT molecular complexity index is 611. The largest absolute Gasteiger partial charge is 0.495 e. The molecule has 104 valence electrons. The zero-order valence-corrected chi connectivity index (χ0v) is 11.6. The molecule has 1 aromatic carbocycles. The van der Waals surface area contributed by atoms with Crippen molar-refractivity contribution in [3.8, 4) is 17.9 Å². The summed E-state index contributed by atoms with van der Waals surface area (Å²) in [5.74, 6) is -0.340. The minimum atomic E-state index is -4.59. The van der Waals surface area contributed by atoms with Crippen LogP contribution in [0.25, 0.3) is 0 Å². The van der Waals surface area contributed by atoms with Gasteiger partial charge in [0, 0.05) is 11.9 Å². The average Bonchev–Trinajstić information content (AvgIpc) is 2.38. The number of methoxy groups -OCH3 is 1. The van der Waals surface area contributed by atoms with Crippen LogP contribution in [0.2, 0.25) is 0 Å². The Labute approximate surface area is 121 Å². The number of benzene rings is 1. The number of nitrogens with one attached hydrogen (secondary N) is 1. The third-order valence-corrected chi connectivity index (χ3v) is 2.77. The van der Waals surface area contributed by atoms with Crippen molar-refractivity contribution < 1.29 is 17.9 Å². The summed E-state index contributed by atoms with van der Waals surface area (Å²) in [7, 11) is 1.13. The van der Waals surface area contributed by atoms with E-state index in [9.17, 15) is 13.2 Å². The number of ether oxygens (including phenoxy) is 1. The molecule has 0 saturated heterocycles. The van der Waals surface area contributed by atoms with Gasteiger partial charge in [0.1, 0.15) is 29.0 Å². The van der Waals surface area contributed by atoms with E-state index in [1.165, 1.54) is 6.07 Å². The van der Waals surface area contributed by atoms with E-state index >= 15 is 0 Å². The second kappa shape index (κ2) is 6.31. The Morgan fingerprint density at radius 3 is 2.40 bits per heavy atom. The summed E-state index contributed by atoms with van der Waals surface area (Å²) in [6.07, 6.45) is -3.57. The highest BCUT2D eigenvalue weighted by molar-refractivity contribution is 9.10. The molecule has 0 aliphatic rings. The van der Waals surface area contributed by atoms with E-state index in [2.05, 4.69) is 21.2 Å². The number of nitriles is 2. The van der Waals surface area contributed by atoms with E-state index in [1.807, 2.05) is 0 Å². The lowest BCUT2D eigenvalue weighted by Crippen LogP contribution is -2.08. The SMILES string of the molecule is COc1c(Br)cc(NC=C(C#N)C#N)cc1C(F)(F)F. The third kappa shape index (κ3) is 3.65. The van der Waals surface area contributed by atoms with Crippen LogP contribution >= 0.6 is 15.9 Å². The van der Waals surface area contributed by atoms with E-state index in [-0.39, 0.29) is 21.5 Å². The predicted octanol–water partition coefficient (Wildman–Crippen LogP) is 3.82. The van der Waals surface area contributed by atoms with Gasteiger partial charge in [0.2, 0.25) is 0 Å². The highest BCUT2D eigenvalue weighted by atomic mass is 79.9. The van der Waals surface area contributed by atoms with Crippen molar-refractivity contribution >= 4 is 21.6 Å². The Kier molecular flexibility index (Phi) is 5.00. The summed E-state index contributed by atoms with van der Waals surface area (Å²) < 4.78 is 43.4. The standard InChI is InChI=1S/C12H7BrF3N3O/c1-20-11-9(12(14,15)16)2-8(3-10(11)13)19-6-7(4-17)5-18/h2-3,6,19H,1H3. The highest BCUT2D eigenvalue weighted by Crippen LogP contribution is 2.42. The van der Waals surface area contributed by atoms with Gasteiger partial charge in [-0.25, -0.2) is 0 Å². The fourth-order valence-corrected chi connectivity index (χ4v) is 1.96. The third-order valence-electron chi connectivity index (χ3n) is 2.18. The molecule has 0 aliphatic heterocycles. The number of anilines is 1. The highest BCUT2D eigenvalue weighted by Gasteiger charge is 2.35. The van der Waals surface area contributed by atoms with E-state index in [0.717, 1.165) is 19.4 Å². The van der Waals surface area contributed by atoms with Crippen LogP contribution in [0.1, 0.15) is 5.56 Å². The van der Waals surface area contributed by atoms with E-state index < -0.39 is 11.7 Å². The van der Waals surface area contributed by atoms with Crippen molar-refractivity contribution in [2.24, 2.45) is 0 Å². The number of hydrogen-bond donors (Lipinski definition) is 1. The zero-order valence-electron chi connectivity index (χ0n) is 10.0. The minimum absolute atomic E-state index is 0.0630. The molecule has 0 saturated carbocycles. The Hall–Kier alpha value is -2.19. The zero-order chi connectivity index (χ0) is 15.3. The number of rotatable bonds is 3. The molecule has 1 aromatic rings. The first kappa shape index (κ1) is 15.9. The van der Waals surface area contributed by atoms with Gasteiger partial charge in [0.15, 0.2) is 0 Å². The van der Waals surface area contributed by atoms with Crippen LogP contribution in [0.5, 0.6) is 5.75 Å². The van der Waals surface area contributed by atoms with Crippen molar-refractivity contribution in [1.29, 1.82) is 10.5 Å². The summed E-state index contributed by atoms with van der Waals surface area (Å²) in [6, 6.07) is 5.34. The quantitative estimate of drug-likeness (QED) is 0.845. The first-order chi connectivity index (χ1) is 9.33. The van der Waals surface area contributed by atoms with Crippen LogP contribution in [0.15, 0.2) is 28.4 Å². The van der Waals surface area contributed by atoms with Crippen molar-refractivity contribution in [3.05, 3.63) is 33.9 Å². The smallest absolute Gasteiger partial charge is 0.420 e. The van der Waals surface area contributed by atoms with Gasteiger partial charge in [0.25, 0.3) is 0 Å². The fraction of sp³-hybridized carbons (Fsp3) is 0.167. The predicted molar refractivity (Wildman–Crippen MR) is 68.6 cm³/mol. The van der Waals surface area contributed by atoms with E-state index in [4.69, 9.17) is 15.3 Å². The van der Waals surface area contributed by atoms with E-state index in [1.54, 1.807) is 12.1 Å². The molecule has 0 radical (unpaired) electrons. The molecule has 4 nitrogen and oxygen atoms in total. The Balaban J connectivity index is 3.27. The number of halogens is 4. The molecule has 0 heterocycles. The topological polar surface area (TPSA) is 68.8 Å². The molecule has 1 N–H and O–H groups in total. The van der Waals surface area contributed by atoms with Crippen molar-refractivity contribution in [2.45, 2.75) is 6.18 Å². The monoisotopic (exact) mass is 345 g/mol. The van der Waals surface area contributed by atoms with Gasteiger partial charge in [-0.1, -0.05) is 0 Å². The van der Waals surface area contributed by atoms with Crippen LogP contribution in [0.3, 0.4) is 0 Å². The summed E-state index contributed by atoms with van der Waals surface area (Å²) >= 11 is 2.98. The van der Waals surface area contributed by atoms with Crippen molar-refractivity contribution in [1.82, 2.24) is 0 Å². The first-order valence-corrected chi connectivity index (χ1v) is 5.84. The van der Waals surface area contributed by atoms with Gasteiger partial charge in [-0.2, -0.15) is 23.7 Å². The maximum absolute atomic E-state index is 12.9. The molecule has 0 bridgehead atoms. The molecule has 0 unspecified atom stereocenters. The molecule has 0 amide bonds. The lowest BCUT2D eigenvalue weighted by molar-refractivity contribution is -0.138. The molecular weight excluding hydrogens is 339 g/mol. The maximum Gasteiger partial charge on any atom is 0.420 e. The van der Waals surface area contributed by atoms with Gasteiger partial charge in [-0.3, -0.25) is 0 Å². The number of alkyl halides is 3. The van der Waals surface area contributed by atoms with Gasteiger partial charge in [-0.05, 0) is 28.1 Å². The minimum Gasteiger partial charge on any atom is -0.495 e. The summed E-state index contributed by atoms with van der Waals surface area (Å²) in [5, 5.41) is 19.5. The van der Waals surface area contributed by atoms with Crippen LogP contribution in [0.4, 0.5) is 18.9 Å². The second-order valence-corrected chi connectivity index (χ2v) is 4.32. The summed E-state index contributed by atoms with van der Waals surface area (Å²) in [4.78, 5) is 0. The normalized spacial score (nSPS) is 10.2. The molecule has 0 aliphatic carbocycles. The molecule has 0 atom stereocenters. The first-order valence-electron chi connectivity index (χ1n) is 5.05. The molecule has 8 heteroatoms. The van der Waals surface area contributed by atoms with Crippen LogP contribution < -0.4 is 10.1 Å². The van der Waals surface area contributed by atoms with Crippen molar-refractivity contribution in [3.63, 3.8) is 0 Å². The van der Waals surface area contributed by atoms with Gasteiger partial charge in [-0.15, -0.1) is 0 Å². The molecule has 20 heavy (non-hydrogen) atoms. The summed E-state index contributed by atoms with van der Waals surface area (Å²) in [6.45, 7) is 0. The average molecular weight is 346 g/mol. The number of hydrogen-bond acceptors (Lipinski definition) is 4. The van der Waals surface area contributed by atoms with Crippen molar-refractivity contribution in [2.75, 3.05) is 12.4 Å². The number of nitrogens with zero attached hydrogens (tertiary/aromatic N) is 2. The molecular formula is C12H7BrF3N3O. The van der Waals surface area contributed by atoms with Gasteiger partial charge < -0.3 is 10.1 Å². The van der Waals surface area contributed by atoms with Crippen LogP contribution in [-0.2, 0) is 6.18 Å². The fourth-order valence-electron chi connectivity index (χ4n) is 1.34. The second-order valence-electron chi connectivity index (χ2n) is 3.46. The van der Waals surface area contributed by atoms with E-state index in [0.29, 0.717) is 0 Å². The molecule has 1 rings (SSSR count). The summed E-state index contributed by atoms with van der Waals surface area (Å²) in [5.41, 5.74) is -1.17. The molecule has 0 aromatic heterocycles. The lowest BCUT2D eigenvalue weighted by atomic mass is 10.1. The number of allylic oxidation sites excluding steroid dienone is 1. The maximum atomic E-state index is 12.9. The van der Waals surface area contributed by atoms with Crippen LogP contribution in [-0.4, -0.2) is 7.11 Å². The van der Waals surface area contributed by atoms with Crippen LogP contribution in [0, 0.1) is 22.7 Å². The lowest BCUT2D eigenvalue weighted by Gasteiger charge is -2.15. The van der Waals surface area contributed by atoms with Gasteiger partial charge in [0.05, 0.1) is 11.6 Å². The van der Waals surface area contributed by atoms with Gasteiger partial charge >= 0.3 is 6.18 Å². The molecule has 0 fully saturated rings.